The first-order chi connectivity index (χ1) is 8.78. The molecular weight excluding hydrogens is 264 g/mol. The lowest BCUT2D eigenvalue weighted by Crippen LogP contribution is -2.44. The van der Waals surface area contributed by atoms with E-state index >= 15 is 0 Å². The van der Waals surface area contributed by atoms with Crippen molar-refractivity contribution in [3.63, 3.8) is 0 Å². The van der Waals surface area contributed by atoms with Crippen molar-refractivity contribution >= 4 is 29.2 Å². The number of nitrogens with one attached hydrogen (secondary N) is 2. The summed E-state index contributed by atoms with van der Waals surface area (Å²) >= 11 is 5.04. The first-order valence-corrected chi connectivity index (χ1v) is 6.04. The minimum atomic E-state index is -0.448. The van der Waals surface area contributed by atoms with Gasteiger partial charge in [0, 0.05) is 23.2 Å². The van der Waals surface area contributed by atoms with Gasteiger partial charge in [-0.15, -0.1) is 0 Å². The predicted molar refractivity (Wildman–Crippen MR) is 79.3 cm³/mol. The Labute approximate surface area is 117 Å². The van der Waals surface area contributed by atoms with Crippen molar-refractivity contribution in [2.75, 3.05) is 0 Å². The van der Waals surface area contributed by atoms with E-state index in [0.717, 1.165) is 0 Å². The average molecular weight is 280 g/mol. The fourth-order valence-electron chi connectivity index (χ4n) is 1.25. The first kappa shape index (κ1) is 15.0. The molecule has 0 aliphatic rings. The summed E-state index contributed by atoms with van der Waals surface area (Å²) in [6.45, 7) is 5.93. The van der Waals surface area contributed by atoms with Crippen molar-refractivity contribution < 1.29 is 4.92 Å². The Kier molecular flexibility index (Phi) is 4.94. The Bertz CT molecular complexity index is 509. The first-order valence-electron chi connectivity index (χ1n) is 5.63. The van der Waals surface area contributed by atoms with E-state index in [2.05, 4.69) is 15.8 Å². The fourth-order valence-corrected chi connectivity index (χ4v) is 1.61. The lowest BCUT2D eigenvalue weighted by atomic mass is 10.1. The van der Waals surface area contributed by atoms with E-state index in [1.54, 1.807) is 12.1 Å². The Morgan fingerprint density at radius 1 is 1.47 bits per heavy atom. The van der Waals surface area contributed by atoms with Gasteiger partial charge in [0.2, 0.25) is 0 Å². The number of non-ortho nitro benzene ring substituents is 1. The van der Waals surface area contributed by atoms with Crippen LogP contribution < -0.4 is 10.7 Å². The smallest absolute Gasteiger partial charge is 0.270 e. The molecule has 0 radical (unpaired) electrons. The summed E-state index contributed by atoms with van der Waals surface area (Å²) in [6.07, 6.45) is 1.48. The number of rotatable bonds is 3. The van der Waals surface area contributed by atoms with Gasteiger partial charge in [-0.05, 0) is 33.0 Å². The molecule has 1 aromatic carbocycles. The van der Waals surface area contributed by atoms with Crippen molar-refractivity contribution in [1.29, 1.82) is 0 Å². The second-order valence-corrected chi connectivity index (χ2v) is 5.33. The number of benzene rings is 1. The highest BCUT2D eigenvalue weighted by molar-refractivity contribution is 7.80. The highest BCUT2D eigenvalue weighted by atomic mass is 32.1. The van der Waals surface area contributed by atoms with Crippen molar-refractivity contribution in [3.05, 3.63) is 39.9 Å². The summed E-state index contributed by atoms with van der Waals surface area (Å²) < 4.78 is 0. The number of nitro groups is 1. The molecule has 0 aliphatic heterocycles. The summed E-state index contributed by atoms with van der Waals surface area (Å²) in [4.78, 5) is 10.2. The Balaban J connectivity index is 2.60. The summed E-state index contributed by atoms with van der Waals surface area (Å²) in [5.74, 6) is 0. The van der Waals surface area contributed by atoms with Crippen molar-refractivity contribution in [2.45, 2.75) is 26.3 Å². The van der Waals surface area contributed by atoms with Crippen LogP contribution in [0.5, 0.6) is 0 Å². The molecule has 0 saturated carbocycles. The van der Waals surface area contributed by atoms with Gasteiger partial charge in [0.1, 0.15) is 0 Å². The minimum Gasteiger partial charge on any atom is -0.357 e. The SMILES string of the molecule is CC(C)(C)NC(=S)N/N=C\c1cccc([N+](=O)[O-])c1. The van der Waals surface area contributed by atoms with E-state index in [1.165, 1.54) is 18.3 Å². The molecule has 0 aromatic heterocycles. The van der Waals surface area contributed by atoms with Gasteiger partial charge >= 0.3 is 0 Å². The van der Waals surface area contributed by atoms with Gasteiger partial charge in [0.25, 0.3) is 5.69 Å². The van der Waals surface area contributed by atoms with Crippen LogP contribution in [-0.2, 0) is 0 Å². The Morgan fingerprint density at radius 2 is 2.16 bits per heavy atom. The van der Waals surface area contributed by atoms with Crippen LogP contribution in [0.2, 0.25) is 0 Å². The van der Waals surface area contributed by atoms with Gasteiger partial charge in [-0.1, -0.05) is 12.1 Å². The maximum Gasteiger partial charge on any atom is 0.270 e. The van der Waals surface area contributed by atoms with Gasteiger partial charge < -0.3 is 5.32 Å². The van der Waals surface area contributed by atoms with Gasteiger partial charge in [0.15, 0.2) is 5.11 Å². The topological polar surface area (TPSA) is 79.6 Å². The molecule has 0 spiro atoms. The van der Waals surface area contributed by atoms with E-state index in [0.29, 0.717) is 10.7 Å². The molecule has 19 heavy (non-hydrogen) atoms. The third kappa shape index (κ3) is 5.91. The largest absolute Gasteiger partial charge is 0.357 e. The molecule has 1 aromatic rings. The molecule has 0 heterocycles. The number of hydrogen-bond donors (Lipinski definition) is 2. The third-order valence-corrected chi connectivity index (χ3v) is 2.14. The van der Waals surface area contributed by atoms with Crippen LogP contribution in [-0.4, -0.2) is 21.8 Å². The highest BCUT2D eigenvalue weighted by Gasteiger charge is 2.10. The lowest BCUT2D eigenvalue weighted by Gasteiger charge is -2.21. The second-order valence-electron chi connectivity index (χ2n) is 4.93. The molecule has 0 fully saturated rings. The quantitative estimate of drug-likeness (QED) is 0.384. The molecular formula is C12H16N4O2S. The Morgan fingerprint density at radius 3 is 2.74 bits per heavy atom. The van der Waals surface area contributed by atoms with Gasteiger partial charge in [0.05, 0.1) is 11.1 Å². The van der Waals surface area contributed by atoms with Crippen molar-refractivity contribution in [2.24, 2.45) is 5.10 Å². The molecule has 2 N–H and O–H groups in total. The van der Waals surface area contributed by atoms with Crippen LogP contribution >= 0.6 is 12.2 Å². The van der Waals surface area contributed by atoms with Crippen molar-refractivity contribution in [3.8, 4) is 0 Å². The molecule has 0 aliphatic carbocycles. The van der Waals surface area contributed by atoms with E-state index < -0.39 is 4.92 Å². The molecule has 6 nitrogen and oxygen atoms in total. The predicted octanol–water partition coefficient (Wildman–Crippen LogP) is 2.19. The maximum atomic E-state index is 10.6. The fraction of sp³-hybridized carbons (Fsp3) is 0.333. The van der Waals surface area contributed by atoms with Crippen LogP contribution in [0.15, 0.2) is 29.4 Å². The number of nitro benzene ring substituents is 1. The maximum absolute atomic E-state index is 10.6. The molecule has 0 unspecified atom stereocenters. The molecule has 0 bridgehead atoms. The second kappa shape index (κ2) is 6.24. The zero-order valence-electron chi connectivity index (χ0n) is 11.0. The molecule has 102 valence electrons. The number of thiocarbonyl (C=S) groups is 1. The van der Waals surface area contributed by atoms with E-state index in [-0.39, 0.29) is 11.2 Å². The number of nitrogens with zero attached hydrogens (tertiary/aromatic N) is 2. The van der Waals surface area contributed by atoms with Crippen LogP contribution in [0.3, 0.4) is 0 Å². The van der Waals surface area contributed by atoms with Crippen LogP contribution in [0, 0.1) is 10.1 Å². The molecule has 0 saturated heterocycles. The van der Waals surface area contributed by atoms with Gasteiger partial charge in [-0.2, -0.15) is 5.10 Å². The van der Waals surface area contributed by atoms with Crippen LogP contribution in [0.1, 0.15) is 26.3 Å². The summed E-state index contributed by atoms with van der Waals surface area (Å²) in [7, 11) is 0. The normalized spacial score (nSPS) is 11.3. The van der Waals surface area contributed by atoms with E-state index in [9.17, 15) is 10.1 Å². The van der Waals surface area contributed by atoms with E-state index in [4.69, 9.17) is 12.2 Å². The van der Waals surface area contributed by atoms with Gasteiger partial charge in [-0.25, -0.2) is 0 Å². The zero-order valence-corrected chi connectivity index (χ0v) is 11.8. The average Bonchev–Trinajstić information content (AvgIpc) is 2.27. The summed E-state index contributed by atoms with van der Waals surface area (Å²) in [5.41, 5.74) is 3.16. The summed E-state index contributed by atoms with van der Waals surface area (Å²) in [5, 5.41) is 18.0. The van der Waals surface area contributed by atoms with Crippen LogP contribution in [0.25, 0.3) is 0 Å². The van der Waals surface area contributed by atoms with Crippen LogP contribution in [0.4, 0.5) is 5.69 Å². The van der Waals surface area contributed by atoms with Gasteiger partial charge in [-0.3, -0.25) is 15.5 Å². The lowest BCUT2D eigenvalue weighted by molar-refractivity contribution is -0.384. The molecule has 7 heteroatoms. The van der Waals surface area contributed by atoms with Crippen molar-refractivity contribution in [1.82, 2.24) is 10.7 Å². The van der Waals surface area contributed by atoms with E-state index in [1.807, 2.05) is 20.8 Å². The molecule has 1 rings (SSSR count). The zero-order chi connectivity index (χ0) is 14.5. The standard InChI is InChI=1S/C12H16N4O2S/c1-12(2,3)14-11(19)15-13-8-9-5-4-6-10(7-9)16(17)18/h4-8H,1-3H3,(H2,14,15,19)/b13-8-. The summed E-state index contributed by atoms with van der Waals surface area (Å²) in [6, 6.07) is 6.19. The Hall–Kier alpha value is -2.02. The highest BCUT2D eigenvalue weighted by Crippen LogP contribution is 2.11. The molecule has 0 atom stereocenters. The minimum absolute atomic E-state index is 0.0272. The third-order valence-electron chi connectivity index (χ3n) is 1.95. The monoisotopic (exact) mass is 280 g/mol. The molecule has 0 amide bonds. The number of hydrazone groups is 1. The number of hydrogen-bond acceptors (Lipinski definition) is 4.